The minimum absolute atomic E-state index is 0.408. The minimum atomic E-state index is -1.38. The number of rotatable bonds is 8. The van der Waals surface area contributed by atoms with Crippen LogP contribution in [0.15, 0.2) is 60.3 Å². The molecule has 0 bridgehead atoms. The van der Waals surface area contributed by atoms with E-state index >= 15 is 0 Å². The molecule has 34 heavy (non-hydrogen) atoms. The Kier molecular flexibility index (Phi) is 7.52. The van der Waals surface area contributed by atoms with Crippen LogP contribution in [0.1, 0.15) is 24.9 Å². The summed E-state index contributed by atoms with van der Waals surface area (Å²) in [6, 6.07) is 10.4. The van der Waals surface area contributed by atoms with Gasteiger partial charge in [-0.15, -0.1) is 0 Å². The molecular weight excluding hydrogens is 442 g/mol. The lowest BCUT2D eigenvalue weighted by molar-refractivity contribution is -0.138. The lowest BCUT2D eigenvalue weighted by Gasteiger charge is -2.28. The first-order valence-corrected chi connectivity index (χ1v) is 10.4. The number of ketones is 1. The van der Waals surface area contributed by atoms with Crippen molar-refractivity contribution >= 4 is 23.7 Å². The van der Waals surface area contributed by atoms with E-state index in [4.69, 9.17) is 9.47 Å². The first-order chi connectivity index (χ1) is 16.2. The molecule has 3 rings (SSSR count). The number of ether oxygens (including phenoxy) is 2. The fraction of sp³-hybridized carbons (Fsp3) is 0.250. The average Bonchev–Trinajstić information content (AvgIpc) is 2.80. The summed E-state index contributed by atoms with van der Waals surface area (Å²) in [5.74, 6) is -0.566. The van der Waals surface area contributed by atoms with Crippen molar-refractivity contribution in [3.05, 3.63) is 65.9 Å². The van der Waals surface area contributed by atoms with E-state index in [1.807, 2.05) is 0 Å². The fourth-order valence-corrected chi connectivity index (χ4v) is 3.33. The molecule has 1 aliphatic heterocycles. The lowest BCUT2D eigenvalue weighted by Crippen LogP contribution is -2.56. The largest absolute Gasteiger partial charge is 0.497 e. The van der Waals surface area contributed by atoms with Gasteiger partial charge in [-0.05, 0) is 36.8 Å². The number of carboxylic acid groups (broad SMARTS) is 1. The summed E-state index contributed by atoms with van der Waals surface area (Å²) in [7, 11) is 3.05. The van der Waals surface area contributed by atoms with Crippen LogP contribution < -0.4 is 20.1 Å². The van der Waals surface area contributed by atoms with Gasteiger partial charge in [0.25, 0.3) is 5.91 Å². The van der Waals surface area contributed by atoms with Crippen LogP contribution in [0.25, 0.3) is 0 Å². The third-order valence-electron chi connectivity index (χ3n) is 5.26. The predicted octanol–water partition coefficient (Wildman–Crippen LogP) is 2.62. The van der Waals surface area contributed by atoms with Crippen LogP contribution in [0.3, 0.4) is 0 Å². The first kappa shape index (κ1) is 24.3. The molecule has 2 aromatic rings. The van der Waals surface area contributed by atoms with Gasteiger partial charge in [0.05, 0.1) is 19.6 Å². The summed E-state index contributed by atoms with van der Waals surface area (Å²) >= 11 is 0. The number of benzene rings is 2. The van der Waals surface area contributed by atoms with Crippen molar-refractivity contribution in [1.82, 2.24) is 15.5 Å². The first-order valence-electron chi connectivity index (χ1n) is 10.4. The molecule has 178 valence electrons. The van der Waals surface area contributed by atoms with Gasteiger partial charge in [0.15, 0.2) is 11.8 Å². The van der Waals surface area contributed by atoms with Crippen molar-refractivity contribution in [3.63, 3.8) is 0 Å². The molecule has 2 atom stereocenters. The highest BCUT2D eigenvalue weighted by Crippen LogP contribution is 2.27. The lowest BCUT2D eigenvalue weighted by atomic mass is 10.0. The molecule has 0 aromatic heterocycles. The molecule has 1 aliphatic rings. The summed E-state index contributed by atoms with van der Waals surface area (Å²) in [5.41, 5.74) is 0.971. The molecule has 0 saturated heterocycles. The highest BCUT2D eigenvalue weighted by atomic mass is 16.5. The van der Waals surface area contributed by atoms with Crippen LogP contribution in [0, 0.1) is 0 Å². The van der Waals surface area contributed by atoms with E-state index in [1.54, 1.807) is 62.6 Å². The molecule has 0 fully saturated rings. The smallest absolute Gasteiger partial charge is 0.316 e. The number of amides is 3. The standard InChI is InChI=1S/C24H25N3O7/c1-14-11-20(28)22(23(31)27(14)2)26-24(32)25-19(13-21(29)30)15-7-9-16(10-8-15)34-18-6-4-5-17(12-18)33-3/h4-12,19,22H,13H2,1-3H3,(H,29,30)(H2,25,26,32). The van der Waals surface area contributed by atoms with Crippen molar-refractivity contribution < 1.29 is 33.8 Å². The molecule has 0 saturated carbocycles. The van der Waals surface area contributed by atoms with E-state index in [0.29, 0.717) is 28.5 Å². The summed E-state index contributed by atoms with van der Waals surface area (Å²) in [4.78, 5) is 49.7. The molecule has 2 aromatic carbocycles. The minimum Gasteiger partial charge on any atom is -0.497 e. The third-order valence-corrected chi connectivity index (χ3v) is 5.26. The second-order valence-corrected chi connectivity index (χ2v) is 7.64. The molecular formula is C24H25N3O7. The van der Waals surface area contributed by atoms with Gasteiger partial charge in [0.2, 0.25) is 0 Å². The number of methoxy groups -OCH3 is 1. The number of carbonyl (C=O) groups excluding carboxylic acids is 3. The number of urea groups is 1. The van der Waals surface area contributed by atoms with E-state index in [0.717, 1.165) is 0 Å². The fourth-order valence-electron chi connectivity index (χ4n) is 3.33. The molecule has 3 amide bonds. The Morgan fingerprint density at radius 1 is 1.09 bits per heavy atom. The monoisotopic (exact) mass is 467 g/mol. The molecule has 0 radical (unpaired) electrons. The SMILES string of the molecule is COc1cccc(Oc2ccc(C(CC(=O)O)NC(=O)NC3C(=O)C=C(C)N(C)C3=O)cc2)c1. The zero-order chi connectivity index (χ0) is 24.8. The number of aliphatic carboxylic acids is 1. The molecule has 0 aliphatic carbocycles. The normalized spacial score (nSPS) is 16.4. The number of nitrogens with zero attached hydrogens (tertiary/aromatic N) is 1. The number of likely N-dealkylation sites (N-methyl/N-ethyl adjacent to an activating group) is 1. The van der Waals surface area contributed by atoms with Crippen molar-refractivity contribution in [3.8, 4) is 17.2 Å². The van der Waals surface area contributed by atoms with Crippen molar-refractivity contribution in [2.45, 2.75) is 25.4 Å². The van der Waals surface area contributed by atoms with Gasteiger partial charge in [0, 0.05) is 24.9 Å². The highest BCUT2D eigenvalue weighted by Gasteiger charge is 2.34. The van der Waals surface area contributed by atoms with Crippen LogP contribution in [0.5, 0.6) is 17.2 Å². The van der Waals surface area contributed by atoms with Crippen molar-refractivity contribution in [1.29, 1.82) is 0 Å². The molecule has 1 heterocycles. The van der Waals surface area contributed by atoms with Gasteiger partial charge in [-0.2, -0.15) is 0 Å². The van der Waals surface area contributed by atoms with Gasteiger partial charge >= 0.3 is 12.0 Å². The Morgan fingerprint density at radius 2 is 1.76 bits per heavy atom. The maximum absolute atomic E-state index is 12.5. The highest BCUT2D eigenvalue weighted by molar-refractivity contribution is 6.14. The van der Waals surface area contributed by atoms with Gasteiger partial charge in [-0.1, -0.05) is 18.2 Å². The van der Waals surface area contributed by atoms with E-state index < -0.39 is 42.2 Å². The summed E-state index contributed by atoms with van der Waals surface area (Å²) in [5, 5.41) is 14.2. The van der Waals surface area contributed by atoms with E-state index in [-0.39, 0.29) is 0 Å². The molecule has 0 spiro atoms. The number of nitrogens with one attached hydrogen (secondary N) is 2. The Labute approximate surface area is 196 Å². The maximum Gasteiger partial charge on any atom is 0.316 e. The third kappa shape index (κ3) is 5.91. The summed E-state index contributed by atoms with van der Waals surface area (Å²) in [6.07, 6.45) is 0.858. The Bertz CT molecular complexity index is 1130. The Balaban J connectivity index is 1.70. The van der Waals surface area contributed by atoms with Crippen molar-refractivity contribution in [2.24, 2.45) is 0 Å². The van der Waals surface area contributed by atoms with Crippen LogP contribution >= 0.6 is 0 Å². The molecule has 2 unspecified atom stereocenters. The molecule has 10 heteroatoms. The average molecular weight is 467 g/mol. The predicted molar refractivity (Wildman–Crippen MR) is 121 cm³/mol. The number of carboxylic acids is 1. The van der Waals surface area contributed by atoms with Crippen LogP contribution in [0.2, 0.25) is 0 Å². The van der Waals surface area contributed by atoms with E-state index in [2.05, 4.69) is 10.6 Å². The number of allylic oxidation sites excluding steroid dienone is 1. The molecule has 3 N–H and O–H groups in total. The zero-order valence-corrected chi connectivity index (χ0v) is 18.9. The summed E-state index contributed by atoms with van der Waals surface area (Å²) < 4.78 is 10.9. The van der Waals surface area contributed by atoms with Gasteiger partial charge in [-0.25, -0.2) is 4.79 Å². The van der Waals surface area contributed by atoms with Gasteiger partial charge < -0.3 is 30.1 Å². The van der Waals surface area contributed by atoms with Crippen LogP contribution in [-0.4, -0.2) is 53.9 Å². The maximum atomic E-state index is 12.5. The van der Waals surface area contributed by atoms with Crippen LogP contribution in [0.4, 0.5) is 4.79 Å². The van der Waals surface area contributed by atoms with Gasteiger partial charge in [0.1, 0.15) is 17.2 Å². The number of carbonyl (C=O) groups is 4. The van der Waals surface area contributed by atoms with Gasteiger partial charge in [-0.3, -0.25) is 14.4 Å². The second-order valence-electron chi connectivity index (χ2n) is 7.64. The number of hydrogen-bond acceptors (Lipinski definition) is 6. The van der Waals surface area contributed by atoms with Crippen LogP contribution in [-0.2, 0) is 14.4 Å². The Hall–Kier alpha value is -4.34. The second kappa shape index (κ2) is 10.5. The quantitative estimate of drug-likeness (QED) is 0.508. The van der Waals surface area contributed by atoms with E-state index in [9.17, 15) is 24.3 Å². The number of hydrogen-bond donors (Lipinski definition) is 3. The zero-order valence-electron chi connectivity index (χ0n) is 18.9. The topological polar surface area (TPSA) is 134 Å². The van der Waals surface area contributed by atoms with E-state index in [1.165, 1.54) is 18.0 Å². The Morgan fingerprint density at radius 3 is 2.41 bits per heavy atom. The van der Waals surface area contributed by atoms with Crippen molar-refractivity contribution in [2.75, 3.05) is 14.2 Å². The molecule has 10 nitrogen and oxygen atoms in total. The summed E-state index contributed by atoms with van der Waals surface area (Å²) in [6.45, 7) is 1.61.